The van der Waals surface area contributed by atoms with Crippen LogP contribution in [0.25, 0.3) is 0 Å². The van der Waals surface area contributed by atoms with Crippen LogP contribution in [0.2, 0.25) is 0 Å². The minimum Gasteiger partial charge on any atom is -0.368 e. The van der Waals surface area contributed by atoms with Crippen LogP contribution in [0, 0.1) is 6.92 Å². The quantitative estimate of drug-likeness (QED) is 0.819. The lowest BCUT2D eigenvalue weighted by Crippen LogP contribution is -2.40. The molecule has 1 aromatic heterocycles. The molecular weight excluding hydrogens is 230 g/mol. The number of carbonyl (C=O) groups is 1. The molecule has 1 saturated heterocycles. The van der Waals surface area contributed by atoms with E-state index >= 15 is 0 Å². The Morgan fingerprint density at radius 1 is 1.61 bits per heavy atom. The van der Waals surface area contributed by atoms with E-state index in [4.69, 9.17) is 5.73 Å². The molecule has 0 radical (unpaired) electrons. The first-order chi connectivity index (χ1) is 8.61. The molecule has 0 aromatic carbocycles. The topological polar surface area (TPSA) is 84.1 Å². The SMILES string of the molecule is CCNc1nc(C)cc(N2CCCC2C(N)=O)n1. The Labute approximate surface area is 107 Å². The first-order valence-corrected chi connectivity index (χ1v) is 6.27. The molecule has 1 fully saturated rings. The zero-order valence-corrected chi connectivity index (χ0v) is 10.8. The van der Waals surface area contributed by atoms with Crippen LogP contribution >= 0.6 is 0 Å². The smallest absolute Gasteiger partial charge is 0.240 e. The molecule has 0 saturated carbocycles. The summed E-state index contributed by atoms with van der Waals surface area (Å²) in [5.41, 5.74) is 6.30. The molecule has 1 aromatic rings. The number of aromatic nitrogens is 2. The van der Waals surface area contributed by atoms with Crippen LogP contribution in [0.15, 0.2) is 6.07 Å². The number of nitrogens with two attached hydrogens (primary N) is 1. The number of carbonyl (C=O) groups excluding carboxylic acids is 1. The fraction of sp³-hybridized carbons (Fsp3) is 0.583. The predicted octanol–water partition coefficient (Wildman–Crippen LogP) is 0.671. The minimum absolute atomic E-state index is 0.242. The van der Waals surface area contributed by atoms with E-state index in [1.54, 1.807) is 0 Å². The Morgan fingerprint density at radius 2 is 2.39 bits per heavy atom. The normalized spacial score (nSPS) is 19.0. The number of hydrogen-bond acceptors (Lipinski definition) is 5. The average Bonchev–Trinajstić information content (AvgIpc) is 2.77. The van der Waals surface area contributed by atoms with Crippen LogP contribution in [0.1, 0.15) is 25.5 Å². The highest BCUT2D eigenvalue weighted by molar-refractivity contribution is 5.84. The van der Waals surface area contributed by atoms with Gasteiger partial charge in [-0.15, -0.1) is 0 Å². The summed E-state index contributed by atoms with van der Waals surface area (Å²) in [5.74, 6) is 1.09. The van der Waals surface area contributed by atoms with Crippen molar-refractivity contribution in [3.8, 4) is 0 Å². The zero-order chi connectivity index (χ0) is 13.1. The van der Waals surface area contributed by atoms with Crippen LogP contribution in [0.4, 0.5) is 11.8 Å². The summed E-state index contributed by atoms with van der Waals surface area (Å²) < 4.78 is 0. The first kappa shape index (κ1) is 12.6. The lowest BCUT2D eigenvalue weighted by Gasteiger charge is -2.23. The summed E-state index contributed by atoms with van der Waals surface area (Å²) in [6.07, 6.45) is 1.77. The fourth-order valence-electron chi connectivity index (χ4n) is 2.27. The van der Waals surface area contributed by atoms with Gasteiger partial charge in [-0.05, 0) is 26.7 Å². The van der Waals surface area contributed by atoms with Crippen LogP contribution in [-0.4, -0.2) is 35.0 Å². The average molecular weight is 249 g/mol. The summed E-state index contributed by atoms with van der Waals surface area (Å²) in [6, 6.07) is 1.65. The van der Waals surface area contributed by atoms with Crippen molar-refractivity contribution in [1.82, 2.24) is 9.97 Å². The summed E-state index contributed by atoms with van der Waals surface area (Å²) in [4.78, 5) is 22.1. The molecule has 1 atom stereocenters. The first-order valence-electron chi connectivity index (χ1n) is 6.27. The van der Waals surface area contributed by atoms with E-state index in [1.165, 1.54) is 0 Å². The van der Waals surface area contributed by atoms with Crippen LogP contribution in [0.3, 0.4) is 0 Å². The molecule has 6 nitrogen and oxygen atoms in total. The maximum absolute atomic E-state index is 11.4. The van der Waals surface area contributed by atoms with Crippen molar-refractivity contribution in [1.29, 1.82) is 0 Å². The van der Waals surface area contributed by atoms with Crippen LogP contribution < -0.4 is 16.0 Å². The number of nitrogens with zero attached hydrogens (tertiary/aromatic N) is 3. The Hall–Kier alpha value is -1.85. The minimum atomic E-state index is -0.284. The molecule has 0 spiro atoms. The molecule has 1 aliphatic heterocycles. The predicted molar refractivity (Wildman–Crippen MR) is 70.5 cm³/mol. The van der Waals surface area contributed by atoms with Gasteiger partial charge in [-0.25, -0.2) is 4.98 Å². The van der Waals surface area contributed by atoms with E-state index in [0.717, 1.165) is 37.4 Å². The number of rotatable bonds is 4. The van der Waals surface area contributed by atoms with Crippen molar-refractivity contribution >= 4 is 17.7 Å². The van der Waals surface area contributed by atoms with E-state index < -0.39 is 0 Å². The van der Waals surface area contributed by atoms with Crippen LogP contribution in [0.5, 0.6) is 0 Å². The number of anilines is 2. The summed E-state index contributed by atoms with van der Waals surface area (Å²) in [6.45, 7) is 5.49. The third-order valence-corrected chi connectivity index (χ3v) is 3.05. The van der Waals surface area contributed by atoms with Crippen molar-refractivity contribution in [3.05, 3.63) is 11.8 Å². The standard InChI is InChI=1S/C12H19N5O/c1-3-14-12-15-8(2)7-10(16-12)17-6-4-5-9(17)11(13)18/h7,9H,3-6H2,1-2H3,(H2,13,18)(H,14,15,16). The molecule has 1 amide bonds. The maximum Gasteiger partial charge on any atom is 0.240 e. The van der Waals surface area contributed by atoms with E-state index in [2.05, 4.69) is 15.3 Å². The van der Waals surface area contributed by atoms with Crippen molar-refractivity contribution in [2.24, 2.45) is 5.73 Å². The van der Waals surface area contributed by atoms with Gasteiger partial charge in [0.1, 0.15) is 11.9 Å². The van der Waals surface area contributed by atoms with Gasteiger partial charge >= 0.3 is 0 Å². The van der Waals surface area contributed by atoms with Gasteiger partial charge in [0.05, 0.1) is 0 Å². The Bertz CT molecular complexity index is 448. The second-order valence-electron chi connectivity index (χ2n) is 4.48. The van der Waals surface area contributed by atoms with E-state index in [-0.39, 0.29) is 11.9 Å². The fourth-order valence-corrected chi connectivity index (χ4v) is 2.27. The molecule has 6 heteroatoms. The number of nitrogens with one attached hydrogen (secondary N) is 1. The van der Waals surface area contributed by atoms with Gasteiger partial charge in [0.15, 0.2) is 0 Å². The zero-order valence-electron chi connectivity index (χ0n) is 10.8. The van der Waals surface area contributed by atoms with Gasteiger partial charge in [0, 0.05) is 24.8 Å². The van der Waals surface area contributed by atoms with Gasteiger partial charge < -0.3 is 16.0 Å². The van der Waals surface area contributed by atoms with Gasteiger partial charge in [-0.1, -0.05) is 0 Å². The highest BCUT2D eigenvalue weighted by atomic mass is 16.1. The number of aryl methyl sites for hydroxylation is 1. The molecule has 98 valence electrons. The maximum atomic E-state index is 11.4. The molecule has 1 aliphatic rings. The van der Waals surface area contributed by atoms with Crippen molar-refractivity contribution in [2.75, 3.05) is 23.3 Å². The third-order valence-electron chi connectivity index (χ3n) is 3.05. The second kappa shape index (κ2) is 5.20. The van der Waals surface area contributed by atoms with Crippen LogP contribution in [-0.2, 0) is 4.79 Å². The highest BCUT2D eigenvalue weighted by Gasteiger charge is 2.30. The van der Waals surface area contributed by atoms with E-state index in [9.17, 15) is 4.79 Å². The van der Waals surface area contributed by atoms with Gasteiger partial charge in [-0.2, -0.15) is 4.98 Å². The lowest BCUT2D eigenvalue weighted by molar-refractivity contribution is -0.119. The number of hydrogen-bond donors (Lipinski definition) is 2. The van der Waals surface area contributed by atoms with Gasteiger partial charge in [0.2, 0.25) is 11.9 Å². The molecule has 0 bridgehead atoms. The molecule has 2 heterocycles. The van der Waals surface area contributed by atoms with Crippen molar-refractivity contribution in [3.63, 3.8) is 0 Å². The Balaban J connectivity index is 2.29. The highest BCUT2D eigenvalue weighted by Crippen LogP contribution is 2.24. The summed E-state index contributed by atoms with van der Waals surface area (Å²) in [5, 5.41) is 3.09. The number of primary amides is 1. The molecule has 0 aliphatic carbocycles. The monoisotopic (exact) mass is 249 g/mol. The lowest BCUT2D eigenvalue weighted by atomic mass is 10.2. The molecular formula is C12H19N5O. The van der Waals surface area contributed by atoms with Gasteiger partial charge in [-0.3, -0.25) is 4.79 Å². The summed E-state index contributed by atoms with van der Waals surface area (Å²) in [7, 11) is 0. The summed E-state index contributed by atoms with van der Waals surface area (Å²) >= 11 is 0. The van der Waals surface area contributed by atoms with Crippen molar-refractivity contribution < 1.29 is 4.79 Å². The Morgan fingerprint density at radius 3 is 3.06 bits per heavy atom. The molecule has 3 N–H and O–H groups in total. The molecule has 18 heavy (non-hydrogen) atoms. The van der Waals surface area contributed by atoms with E-state index in [1.807, 2.05) is 24.8 Å². The van der Waals surface area contributed by atoms with Crippen molar-refractivity contribution in [2.45, 2.75) is 32.7 Å². The molecule has 2 rings (SSSR count). The second-order valence-corrected chi connectivity index (χ2v) is 4.48. The van der Waals surface area contributed by atoms with E-state index in [0.29, 0.717) is 5.95 Å². The molecule has 1 unspecified atom stereocenters. The number of amides is 1. The van der Waals surface area contributed by atoms with Gasteiger partial charge in [0.25, 0.3) is 0 Å². The Kier molecular flexibility index (Phi) is 3.64. The largest absolute Gasteiger partial charge is 0.368 e. The third kappa shape index (κ3) is 2.52.